The summed E-state index contributed by atoms with van der Waals surface area (Å²) in [6.45, 7) is 3.77. The standard InChI is InChI=1S/C9H11FO/c1-6(2)8-5-7(11)3-4-9(8)10/h3-6,11H,1-2H3. The summed E-state index contributed by atoms with van der Waals surface area (Å²) in [5.74, 6) is -0.0185. The van der Waals surface area contributed by atoms with Crippen LogP contribution in [-0.4, -0.2) is 5.11 Å². The van der Waals surface area contributed by atoms with Crippen molar-refractivity contribution in [2.24, 2.45) is 0 Å². The molecule has 1 nitrogen and oxygen atoms in total. The Balaban J connectivity index is 3.13. The Hall–Kier alpha value is -1.05. The molecule has 0 radical (unpaired) electrons. The van der Waals surface area contributed by atoms with E-state index in [9.17, 15) is 4.39 Å². The molecule has 0 fully saturated rings. The van der Waals surface area contributed by atoms with Gasteiger partial charge in [-0.2, -0.15) is 0 Å². The van der Waals surface area contributed by atoms with Gasteiger partial charge in [0.15, 0.2) is 0 Å². The number of hydrogen-bond donors (Lipinski definition) is 1. The number of halogens is 1. The Kier molecular flexibility index (Phi) is 2.13. The lowest BCUT2D eigenvalue weighted by molar-refractivity contribution is 0.470. The van der Waals surface area contributed by atoms with Gasteiger partial charge in [-0.25, -0.2) is 4.39 Å². The van der Waals surface area contributed by atoms with E-state index in [-0.39, 0.29) is 17.5 Å². The summed E-state index contributed by atoms with van der Waals surface area (Å²) in [7, 11) is 0. The van der Waals surface area contributed by atoms with Crippen LogP contribution in [0.3, 0.4) is 0 Å². The van der Waals surface area contributed by atoms with Gasteiger partial charge >= 0.3 is 0 Å². The largest absolute Gasteiger partial charge is 0.508 e. The molecule has 1 N–H and O–H groups in total. The van der Waals surface area contributed by atoms with Gasteiger partial charge in [0, 0.05) is 0 Å². The Morgan fingerprint density at radius 3 is 2.45 bits per heavy atom. The molecule has 0 saturated heterocycles. The molecule has 0 aliphatic carbocycles. The van der Waals surface area contributed by atoms with E-state index in [1.165, 1.54) is 18.2 Å². The predicted octanol–water partition coefficient (Wildman–Crippen LogP) is 2.65. The Bertz CT molecular complexity index is 256. The fraction of sp³-hybridized carbons (Fsp3) is 0.333. The van der Waals surface area contributed by atoms with Crippen molar-refractivity contribution in [1.29, 1.82) is 0 Å². The molecular formula is C9H11FO. The molecule has 0 aromatic heterocycles. The molecule has 0 amide bonds. The molecule has 11 heavy (non-hydrogen) atoms. The first-order valence-electron chi connectivity index (χ1n) is 3.59. The topological polar surface area (TPSA) is 20.2 Å². The molecule has 0 atom stereocenters. The average Bonchev–Trinajstić information content (AvgIpc) is 1.94. The van der Waals surface area contributed by atoms with Crippen molar-refractivity contribution in [1.82, 2.24) is 0 Å². The third kappa shape index (κ3) is 1.70. The van der Waals surface area contributed by atoms with Crippen molar-refractivity contribution >= 4 is 0 Å². The van der Waals surface area contributed by atoms with Crippen molar-refractivity contribution in [3.63, 3.8) is 0 Å². The fourth-order valence-electron chi connectivity index (χ4n) is 0.974. The highest BCUT2D eigenvalue weighted by molar-refractivity contribution is 5.30. The van der Waals surface area contributed by atoms with Crippen LogP contribution in [0.5, 0.6) is 5.75 Å². The van der Waals surface area contributed by atoms with Crippen LogP contribution in [0.4, 0.5) is 4.39 Å². The second kappa shape index (κ2) is 2.91. The van der Waals surface area contributed by atoms with Crippen molar-refractivity contribution in [2.45, 2.75) is 19.8 Å². The van der Waals surface area contributed by atoms with Crippen molar-refractivity contribution in [2.75, 3.05) is 0 Å². The fourth-order valence-corrected chi connectivity index (χ4v) is 0.974. The zero-order valence-corrected chi connectivity index (χ0v) is 6.63. The third-order valence-electron chi connectivity index (χ3n) is 1.60. The SMILES string of the molecule is CC(C)c1cc(O)ccc1F. The normalized spacial score (nSPS) is 10.5. The van der Waals surface area contributed by atoms with E-state index < -0.39 is 0 Å². The van der Waals surface area contributed by atoms with E-state index in [4.69, 9.17) is 5.11 Å². The first-order chi connectivity index (χ1) is 5.11. The zero-order chi connectivity index (χ0) is 8.43. The van der Waals surface area contributed by atoms with Crippen LogP contribution in [0, 0.1) is 5.82 Å². The van der Waals surface area contributed by atoms with Crippen molar-refractivity contribution in [3.05, 3.63) is 29.6 Å². The second-order valence-corrected chi connectivity index (χ2v) is 2.86. The minimum Gasteiger partial charge on any atom is -0.508 e. The molecule has 0 unspecified atom stereocenters. The Morgan fingerprint density at radius 2 is 2.00 bits per heavy atom. The molecule has 0 spiro atoms. The van der Waals surface area contributed by atoms with Gasteiger partial charge in [0.2, 0.25) is 0 Å². The zero-order valence-electron chi connectivity index (χ0n) is 6.63. The first-order valence-corrected chi connectivity index (χ1v) is 3.59. The van der Waals surface area contributed by atoms with Gasteiger partial charge < -0.3 is 5.11 Å². The summed E-state index contributed by atoms with van der Waals surface area (Å²) in [6.07, 6.45) is 0. The highest BCUT2D eigenvalue weighted by atomic mass is 19.1. The van der Waals surface area contributed by atoms with E-state index >= 15 is 0 Å². The Morgan fingerprint density at radius 1 is 1.36 bits per heavy atom. The van der Waals surface area contributed by atoms with Gasteiger partial charge in [-0.1, -0.05) is 13.8 Å². The van der Waals surface area contributed by atoms with E-state index in [1.807, 2.05) is 13.8 Å². The van der Waals surface area contributed by atoms with Crippen LogP contribution in [0.25, 0.3) is 0 Å². The van der Waals surface area contributed by atoms with Gasteiger partial charge in [0.1, 0.15) is 11.6 Å². The molecular weight excluding hydrogens is 143 g/mol. The minimum absolute atomic E-state index is 0.113. The minimum atomic E-state index is -0.252. The molecule has 1 rings (SSSR count). The second-order valence-electron chi connectivity index (χ2n) is 2.86. The van der Waals surface area contributed by atoms with E-state index in [0.29, 0.717) is 5.56 Å². The monoisotopic (exact) mass is 154 g/mol. The molecule has 2 heteroatoms. The summed E-state index contributed by atoms with van der Waals surface area (Å²) in [5, 5.41) is 9.02. The lowest BCUT2D eigenvalue weighted by atomic mass is 10.0. The summed E-state index contributed by atoms with van der Waals surface area (Å²) >= 11 is 0. The molecule has 1 aromatic carbocycles. The number of phenolic OH excluding ortho intramolecular Hbond substituents is 1. The molecule has 1 aromatic rings. The van der Waals surface area contributed by atoms with E-state index in [1.54, 1.807) is 0 Å². The number of rotatable bonds is 1. The van der Waals surface area contributed by atoms with Crippen LogP contribution in [-0.2, 0) is 0 Å². The van der Waals surface area contributed by atoms with E-state index in [0.717, 1.165) is 0 Å². The smallest absolute Gasteiger partial charge is 0.126 e. The summed E-state index contributed by atoms with van der Waals surface area (Å²) in [6, 6.07) is 4.09. The molecule has 60 valence electrons. The van der Waals surface area contributed by atoms with Crippen LogP contribution >= 0.6 is 0 Å². The average molecular weight is 154 g/mol. The van der Waals surface area contributed by atoms with Gasteiger partial charge in [0.25, 0.3) is 0 Å². The van der Waals surface area contributed by atoms with E-state index in [2.05, 4.69) is 0 Å². The lowest BCUT2D eigenvalue weighted by Crippen LogP contribution is -1.91. The number of benzene rings is 1. The van der Waals surface area contributed by atoms with Gasteiger partial charge in [-0.05, 0) is 29.7 Å². The van der Waals surface area contributed by atoms with Gasteiger partial charge in [-0.15, -0.1) is 0 Å². The predicted molar refractivity (Wildman–Crippen MR) is 42.2 cm³/mol. The van der Waals surface area contributed by atoms with Crippen molar-refractivity contribution in [3.8, 4) is 5.75 Å². The van der Waals surface area contributed by atoms with Gasteiger partial charge in [0.05, 0.1) is 0 Å². The summed E-state index contributed by atoms with van der Waals surface area (Å²) in [5.41, 5.74) is 0.560. The number of aromatic hydroxyl groups is 1. The lowest BCUT2D eigenvalue weighted by Gasteiger charge is -2.06. The molecule has 0 bridgehead atoms. The maximum atomic E-state index is 12.9. The third-order valence-corrected chi connectivity index (χ3v) is 1.60. The quantitative estimate of drug-likeness (QED) is 0.659. The maximum Gasteiger partial charge on any atom is 0.126 e. The molecule has 0 heterocycles. The molecule has 0 aliphatic heterocycles. The van der Waals surface area contributed by atoms with Crippen molar-refractivity contribution < 1.29 is 9.50 Å². The Labute approximate surface area is 65.5 Å². The maximum absolute atomic E-state index is 12.9. The molecule has 0 aliphatic rings. The van der Waals surface area contributed by atoms with Crippen LogP contribution in [0.15, 0.2) is 18.2 Å². The van der Waals surface area contributed by atoms with Crippen LogP contribution in [0.1, 0.15) is 25.3 Å². The summed E-state index contributed by atoms with van der Waals surface area (Å²) < 4.78 is 12.9. The highest BCUT2D eigenvalue weighted by Gasteiger charge is 2.06. The first kappa shape index (κ1) is 8.05. The number of phenols is 1. The molecule has 0 saturated carbocycles. The van der Waals surface area contributed by atoms with Gasteiger partial charge in [-0.3, -0.25) is 0 Å². The van der Waals surface area contributed by atoms with Crippen LogP contribution in [0.2, 0.25) is 0 Å². The number of hydrogen-bond acceptors (Lipinski definition) is 1. The highest BCUT2D eigenvalue weighted by Crippen LogP contribution is 2.22. The van der Waals surface area contributed by atoms with Crippen LogP contribution < -0.4 is 0 Å². The summed E-state index contributed by atoms with van der Waals surface area (Å²) in [4.78, 5) is 0.